The summed E-state index contributed by atoms with van der Waals surface area (Å²) in [6.45, 7) is 0. The van der Waals surface area contributed by atoms with Crippen LogP contribution in [0, 0.1) is 0 Å². The molecule has 1 heterocycles. The average molecular weight is 207 g/mol. The van der Waals surface area contributed by atoms with Crippen LogP contribution in [0.3, 0.4) is 0 Å². The number of para-hydroxylation sites is 1. The van der Waals surface area contributed by atoms with Crippen molar-refractivity contribution >= 4 is 23.5 Å². The fraction of sp³-hybridized carbons (Fsp3) is 0.273. The molecule has 1 aromatic heterocycles. The second-order valence-corrected chi connectivity index (χ2v) is 3.78. The van der Waals surface area contributed by atoms with Crippen LogP contribution in [0.2, 0.25) is 0 Å². The van der Waals surface area contributed by atoms with Crippen LogP contribution in [0.4, 0.5) is 0 Å². The first-order chi connectivity index (χ1) is 6.74. The van der Waals surface area contributed by atoms with Gasteiger partial charge >= 0.3 is 0 Å². The lowest BCUT2D eigenvalue weighted by Gasteiger charge is -2.04. The minimum atomic E-state index is -0.482. The number of hydrogen-bond acceptors (Lipinski definition) is 2. The van der Waals surface area contributed by atoms with Gasteiger partial charge in [-0.2, -0.15) is 12.6 Å². The summed E-state index contributed by atoms with van der Waals surface area (Å²) in [7, 11) is 1.98. The molecule has 0 spiro atoms. The molecule has 1 atom stereocenters. The highest BCUT2D eigenvalue weighted by Crippen LogP contribution is 2.26. The Balaban J connectivity index is 2.66. The van der Waals surface area contributed by atoms with Crippen LogP contribution in [-0.4, -0.2) is 15.4 Å². The number of aliphatic hydroxyl groups is 1. The lowest BCUT2D eigenvalue weighted by atomic mass is 10.1. The van der Waals surface area contributed by atoms with Gasteiger partial charge in [-0.3, -0.25) is 0 Å². The first-order valence-corrected chi connectivity index (χ1v) is 5.20. The molecule has 2 rings (SSSR count). The van der Waals surface area contributed by atoms with Crippen molar-refractivity contribution in [1.29, 1.82) is 0 Å². The highest BCUT2D eigenvalue weighted by molar-refractivity contribution is 7.80. The summed E-state index contributed by atoms with van der Waals surface area (Å²) in [6, 6.07) is 8.05. The van der Waals surface area contributed by atoms with Gasteiger partial charge in [-0.05, 0) is 6.07 Å². The molecule has 0 aliphatic carbocycles. The van der Waals surface area contributed by atoms with Crippen molar-refractivity contribution in [3.8, 4) is 0 Å². The van der Waals surface area contributed by atoms with Gasteiger partial charge in [0.2, 0.25) is 0 Å². The maximum Gasteiger partial charge on any atom is 0.0898 e. The first kappa shape index (κ1) is 9.62. The monoisotopic (exact) mass is 207 g/mol. The van der Waals surface area contributed by atoms with E-state index in [2.05, 4.69) is 12.6 Å². The molecule has 74 valence electrons. The van der Waals surface area contributed by atoms with E-state index in [1.165, 1.54) is 0 Å². The standard InChI is InChI=1S/C11H13NOS/c1-12-6-9(11(13)7-14)8-4-2-3-5-10(8)12/h2-6,11,13-14H,7H2,1H3. The third-order valence-corrected chi connectivity index (χ3v) is 2.81. The summed E-state index contributed by atoms with van der Waals surface area (Å²) >= 11 is 4.10. The topological polar surface area (TPSA) is 25.2 Å². The summed E-state index contributed by atoms with van der Waals surface area (Å²) in [5.74, 6) is 0.452. The highest BCUT2D eigenvalue weighted by Gasteiger charge is 2.12. The predicted molar refractivity (Wildman–Crippen MR) is 61.7 cm³/mol. The first-order valence-electron chi connectivity index (χ1n) is 4.57. The van der Waals surface area contributed by atoms with Gasteiger partial charge in [-0.1, -0.05) is 18.2 Å². The molecular formula is C11H13NOS. The fourth-order valence-electron chi connectivity index (χ4n) is 1.74. The molecule has 2 nitrogen and oxygen atoms in total. The number of aryl methyl sites for hydroxylation is 1. The molecule has 0 aliphatic rings. The van der Waals surface area contributed by atoms with E-state index in [9.17, 15) is 5.11 Å². The molecule has 1 N–H and O–H groups in total. The number of benzene rings is 1. The minimum Gasteiger partial charge on any atom is -0.387 e. The molecule has 0 saturated heterocycles. The Bertz CT molecular complexity index is 449. The van der Waals surface area contributed by atoms with E-state index in [4.69, 9.17) is 0 Å². The normalized spacial score (nSPS) is 13.4. The van der Waals surface area contributed by atoms with E-state index in [-0.39, 0.29) is 0 Å². The van der Waals surface area contributed by atoms with Gasteiger partial charge in [0.15, 0.2) is 0 Å². The van der Waals surface area contributed by atoms with Gasteiger partial charge in [-0.15, -0.1) is 0 Å². The number of fused-ring (bicyclic) bond motifs is 1. The summed E-state index contributed by atoms with van der Waals surface area (Å²) in [6.07, 6.45) is 1.48. The van der Waals surface area contributed by atoms with Crippen LogP contribution in [0.25, 0.3) is 10.9 Å². The molecule has 3 heteroatoms. The third kappa shape index (κ3) is 1.42. The summed E-state index contributed by atoms with van der Waals surface area (Å²) in [4.78, 5) is 0. The van der Waals surface area contributed by atoms with Crippen LogP contribution in [0.15, 0.2) is 30.5 Å². The SMILES string of the molecule is Cn1cc(C(O)CS)c2ccccc21. The van der Waals surface area contributed by atoms with Crippen LogP contribution >= 0.6 is 12.6 Å². The van der Waals surface area contributed by atoms with Gasteiger partial charge in [0.1, 0.15) is 0 Å². The van der Waals surface area contributed by atoms with Gasteiger partial charge in [0.25, 0.3) is 0 Å². The fourth-order valence-corrected chi connectivity index (χ4v) is 1.93. The lowest BCUT2D eigenvalue weighted by Crippen LogP contribution is -1.97. The van der Waals surface area contributed by atoms with Crippen molar-refractivity contribution in [3.05, 3.63) is 36.0 Å². The average Bonchev–Trinajstić information content (AvgIpc) is 2.56. The molecular weight excluding hydrogens is 194 g/mol. The van der Waals surface area contributed by atoms with Crippen molar-refractivity contribution in [3.63, 3.8) is 0 Å². The summed E-state index contributed by atoms with van der Waals surface area (Å²) in [5.41, 5.74) is 2.10. The number of thiol groups is 1. The third-order valence-electron chi connectivity index (χ3n) is 2.46. The van der Waals surface area contributed by atoms with E-state index >= 15 is 0 Å². The Kier molecular flexibility index (Phi) is 2.52. The zero-order valence-corrected chi connectivity index (χ0v) is 8.91. The molecule has 0 amide bonds. The molecule has 0 fully saturated rings. The van der Waals surface area contributed by atoms with Crippen molar-refractivity contribution in [1.82, 2.24) is 4.57 Å². The number of aliphatic hydroxyl groups excluding tert-OH is 1. The Morgan fingerprint density at radius 3 is 2.86 bits per heavy atom. The molecule has 14 heavy (non-hydrogen) atoms. The smallest absolute Gasteiger partial charge is 0.0898 e. The molecule has 0 bridgehead atoms. The Morgan fingerprint density at radius 1 is 1.43 bits per heavy atom. The van der Waals surface area contributed by atoms with E-state index in [0.29, 0.717) is 5.75 Å². The minimum absolute atomic E-state index is 0.452. The predicted octanol–water partition coefficient (Wildman–Crippen LogP) is 2.14. The van der Waals surface area contributed by atoms with Gasteiger partial charge in [0, 0.05) is 35.5 Å². The highest BCUT2D eigenvalue weighted by atomic mass is 32.1. The van der Waals surface area contributed by atoms with Gasteiger partial charge < -0.3 is 9.67 Å². The lowest BCUT2D eigenvalue weighted by molar-refractivity contribution is 0.206. The summed E-state index contributed by atoms with van der Waals surface area (Å²) < 4.78 is 2.03. The molecule has 1 unspecified atom stereocenters. The second kappa shape index (κ2) is 3.67. The molecule has 1 aromatic carbocycles. The Hall–Kier alpha value is -0.930. The number of nitrogens with zero attached hydrogens (tertiary/aromatic N) is 1. The van der Waals surface area contributed by atoms with Crippen molar-refractivity contribution in [2.24, 2.45) is 7.05 Å². The Labute approximate surface area is 88.6 Å². The number of rotatable bonds is 2. The maximum atomic E-state index is 9.75. The van der Waals surface area contributed by atoms with Crippen LogP contribution < -0.4 is 0 Å². The number of aromatic nitrogens is 1. The molecule has 0 aliphatic heterocycles. The zero-order chi connectivity index (χ0) is 10.1. The largest absolute Gasteiger partial charge is 0.387 e. The molecule has 0 saturated carbocycles. The van der Waals surface area contributed by atoms with E-state index < -0.39 is 6.10 Å². The summed E-state index contributed by atoms with van der Waals surface area (Å²) in [5, 5.41) is 10.9. The van der Waals surface area contributed by atoms with Crippen LogP contribution in [0.5, 0.6) is 0 Å². The quantitative estimate of drug-likeness (QED) is 0.725. The van der Waals surface area contributed by atoms with E-state index in [1.54, 1.807) is 0 Å². The maximum absolute atomic E-state index is 9.75. The van der Waals surface area contributed by atoms with Crippen molar-refractivity contribution < 1.29 is 5.11 Å². The second-order valence-electron chi connectivity index (χ2n) is 3.41. The zero-order valence-electron chi connectivity index (χ0n) is 8.01. The molecule has 2 aromatic rings. The van der Waals surface area contributed by atoms with E-state index in [0.717, 1.165) is 16.5 Å². The van der Waals surface area contributed by atoms with E-state index in [1.807, 2.05) is 42.1 Å². The van der Waals surface area contributed by atoms with Crippen LogP contribution in [0.1, 0.15) is 11.7 Å². The van der Waals surface area contributed by atoms with Gasteiger partial charge in [-0.25, -0.2) is 0 Å². The van der Waals surface area contributed by atoms with Crippen molar-refractivity contribution in [2.75, 3.05) is 5.75 Å². The van der Waals surface area contributed by atoms with Gasteiger partial charge in [0.05, 0.1) is 6.10 Å². The number of hydrogen-bond donors (Lipinski definition) is 2. The Morgan fingerprint density at radius 2 is 2.14 bits per heavy atom. The van der Waals surface area contributed by atoms with Crippen LogP contribution in [-0.2, 0) is 7.05 Å². The molecule has 0 radical (unpaired) electrons. The van der Waals surface area contributed by atoms with Crippen molar-refractivity contribution in [2.45, 2.75) is 6.10 Å².